The number of nitrogens with zero attached hydrogens (tertiary/aromatic N) is 2. The number of rotatable bonds is 8. The summed E-state index contributed by atoms with van der Waals surface area (Å²) in [7, 11) is 1.20. The smallest absolute Gasteiger partial charge is 0.494 e. The van der Waals surface area contributed by atoms with Crippen LogP contribution in [0, 0.1) is 23.5 Å². The van der Waals surface area contributed by atoms with Gasteiger partial charge in [0.15, 0.2) is 11.6 Å². The Balaban J connectivity index is 1.73. The number of halogens is 8. The molecule has 2 unspecified atom stereocenters. The monoisotopic (exact) mass is 670 g/mol. The van der Waals surface area contributed by atoms with Crippen molar-refractivity contribution >= 4 is 11.8 Å². The number of benzene rings is 3. The molecule has 1 aliphatic rings. The van der Waals surface area contributed by atoms with Crippen molar-refractivity contribution in [3.8, 4) is 22.6 Å². The van der Waals surface area contributed by atoms with Crippen LogP contribution >= 0.6 is 11.8 Å². The molecule has 46 heavy (non-hydrogen) atoms. The Morgan fingerprint density at radius 3 is 2.26 bits per heavy atom. The van der Waals surface area contributed by atoms with Crippen LogP contribution in [-0.4, -0.2) is 23.8 Å². The number of hydrogen-bond acceptors (Lipinski definition) is 6. The quantitative estimate of drug-likeness (QED) is 0.139. The van der Waals surface area contributed by atoms with E-state index in [2.05, 4.69) is 9.91 Å². The molecule has 242 valence electrons. The lowest BCUT2D eigenvalue weighted by Crippen LogP contribution is -2.30. The van der Waals surface area contributed by atoms with Crippen LogP contribution in [0.1, 0.15) is 39.9 Å². The third-order valence-electron chi connectivity index (χ3n) is 7.62. The molecule has 5 rings (SSSR count). The highest BCUT2D eigenvalue weighted by Crippen LogP contribution is 2.46. The van der Waals surface area contributed by atoms with Gasteiger partial charge in [0.1, 0.15) is 17.6 Å². The zero-order valence-corrected chi connectivity index (χ0v) is 24.6. The first-order valence-corrected chi connectivity index (χ1v) is 14.4. The molecule has 0 spiro atoms. The molecule has 0 saturated carbocycles. The first-order valence-electron chi connectivity index (χ1n) is 13.4. The summed E-state index contributed by atoms with van der Waals surface area (Å²) in [4.78, 5) is 26.4. The van der Waals surface area contributed by atoms with Gasteiger partial charge in [-0.15, -0.1) is 24.9 Å². The normalized spacial score (nSPS) is 15.4. The highest BCUT2D eigenvalue weighted by Gasteiger charge is 2.39. The van der Waals surface area contributed by atoms with Gasteiger partial charge >= 0.3 is 12.5 Å². The molecule has 0 amide bonds. The molecule has 1 aliphatic heterocycles. The molecule has 0 bridgehead atoms. The van der Waals surface area contributed by atoms with Crippen LogP contribution in [0.2, 0.25) is 0 Å². The van der Waals surface area contributed by atoms with Gasteiger partial charge in [0.2, 0.25) is 0 Å². The van der Waals surface area contributed by atoms with Crippen molar-refractivity contribution in [2.75, 3.05) is 12.9 Å². The van der Waals surface area contributed by atoms with Crippen LogP contribution < -0.4 is 15.0 Å². The van der Waals surface area contributed by atoms with E-state index >= 15 is 8.78 Å². The highest BCUT2D eigenvalue weighted by atomic mass is 32.2. The maximum absolute atomic E-state index is 15.6. The zero-order chi connectivity index (χ0) is 33.6. The van der Waals surface area contributed by atoms with E-state index < -0.39 is 65.1 Å². The minimum absolute atomic E-state index is 0.0215. The number of aromatic nitrogens is 1. The Bertz CT molecular complexity index is 1860. The van der Waals surface area contributed by atoms with Gasteiger partial charge in [0.05, 0.1) is 29.3 Å². The van der Waals surface area contributed by atoms with E-state index in [4.69, 9.17) is 4.74 Å². The molecule has 0 aliphatic carbocycles. The molecule has 0 radical (unpaired) electrons. The number of pyridine rings is 1. The molecule has 15 heteroatoms. The Kier molecular flexibility index (Phi) is 8.90. The molecule has 2 atom stereocenters. The molecule has 4 aromatic rings. The van der Waals surface area contributed by atoms with E-state index in [1.54, 1.807) is 0 Å². The second-order valence-corrected chi connectivity index (χ2v) is 11.3. The average Bonchev–Trinajstić information content (AvgIpc) is 3.41. The Morgan fingerprint density at radius 1 is 0.978 bits per heavy atom. The van der Waals surface area contributed by atoms with E-state index in [-0.39, 0.29) is 44.3 Å². The maximum atomic E-state index is 15.6. The molecule has 1 aromatic heterocycles. The summed E-state index contributed by atoms with van der Waals surface area (Å²) in [5, 5.41) is 3.25. The SMILES string of the molecule is COc1cccc(-c2c(C)c(Cc3c(F)cccc3C(F)(F)F)c3n(c2=O)C(C(N=O)c2ccc(OC(F)(F)F)cc2)CS3)c1F. The van der Waals surface area contributed by atoms with Crippen molar-refractivity contribution in [2.45, 2.75) is 43.0 Å². The van der Waals surface area contributed by atoms with E-state index in [1.807, 2.05) is 0 Å². The minimum atomic E-state index is -4.97. The van der Waals surface area contributed by atoms with Crippen molar-refractivity contribution in [3.05, 3.63) is 115 Å². The van der Waals surface area contributed by atoms with Gasteiger partial charge in [-0.1, -0.05) is 35.5 Å². The molecule has 3 aromatic carbocycles. The molecular weight excluding hydrogens is 648 g/mol. The number of nitroso groups, excluding NO2 is 1. The van der Waals surface area contributed by atoms with Crippen LogP contribution in [-0.2, 0) is 12.6 Å². The molecule has 6 nitrogen and oxygen atoms in total. The van der Waals surface area contributed by atoms with Crippen LogP contribution in [0.3, 0.4) is 0 Å². The fourth-order valence-corrected chi connectivity index (χ4v) is 6.96. The van der Waals surface area contributed by atoms with Crippen molar-refractivity contribution in [3.63, 3.8) is 0 Å². The van der Waals surface area contributed by atoms with E-state index in [9.17, 15) is 36.0 Å². The van der Waals surface area contributed by atoms with Gasteiger partial charge < -0.3 is 9.47 Å². The summed E-state index contributed by atoms with van der Waals surface area (Å²) >= 11 is 1.00. The molecule has 2 heterocycles. The number of fused-ring (bicyclic) bond motifs is 1. The Labute approximate surface area is 259 Å². The van der Waals surface area contributed by atoms with Crippen LogP contribution in [0.5, 0.6) is 11.5 Å². The summed E-state index contributed by atoms with van der Waals surface area (Å²) < 4.78 is 121. The average molecular weight is 671 g/mol. The summed E-state index contributed by atoms with van der Waals surface area (Å²) in [6.45, 7) is 1.41. The molecule has 0 fully saturated rings. The Hall–Kier alpha value is -4.40. The third kappa shape index (κ3) is 6.19. The van der Waals surface area contributed by atoms with Crippen LogP contribution in [0.4, 0.5) is 35.1 Å². The van der Waals surface area contributed by atoms with Crippen molar-refractivity contribution < 1.29 is 44.6 Å². The van der Waals surface area contributed by atoms with E-state index in [0.29, 0.717) is 0 Å². The van der Waals surface area contributed by atoms with Crippen molar-refractivity contribution in [1.82, 2.24) is 4.57 Å². The summed E-state index contributed by atoms with van der Waals surface area (Å²) in [5.74, 6) is -2.91. The molecule has 0 saturated heterocycles. The van der Waals surface area contributed by atoms with E-state index in [0.717, 1.165) is 58.8 Å². The lowest BCUT2D eigenvalue weighted by molar-refractivity contribution is -0.274. The summed E-state index contributed by atoms with van der Waals surface area (Å²) in [6, 6.07) is 8.25. The van der Waals surface area contributed by atoms with Crippen molar-refractivity contribution in [1.29, 1.82) is 0 Å². The number of thioether (sulfide) groups is 1. The lowest BCUT2D eigenvalue weighted by atomic mass is 9.91. The maximum Gasteiger partial charge on any atom is 0.573 e. The second-order valence-electron chi connectivity index (χ2n) is 10.3. The molecular formula is C31H22F8N2O4S. The molecule has 0 N–H and O–H groups in total. The predicted molar refractivity (Wildman–Crippen MR) is 153 cm³/mol. The number of hydrogen-bond donors (Lipinski definition) is 0. The van der Waals surface area contributed by atoms with Crippen molar-refractivity contribution in [2.24, 2.45) is 5.18 Å². The number of ether oxygens (including phenoxy) is 2. The fraction of sp³-hybridized carbons (Fsp3) is 0.258. The topological polar surface area (TPSA) is 69.9 Å². The lowest BCUT2D eigenvalue weighted by Gasteiger charge is -2.24. The van der Waals surface area contributed by atoms with Gasteiger partial charge in [0.25, 0.3) is 5.56 Å². The van der Waals surface area contributed by atoms with Crippen LogP contribution in [0.25, 0.3) is 11.1 Å². The van der Waals surface area contributed by atoms with E-state index in [1.165, 1.54) is 32.2 Å². The summed E-state index contributed by atoms with van der Waals surface area (Å²) in [6.07, 6.45) is -10.5. The van der Waals surface area contributed by atoms with Gasteiger partial charge in [-0.2, -0.15) is 18.1 Å². The van der Waals surface area contributed by atoms with Gasteiger partial charge in [-0.3, -0.25) is 9.36 Å². The highest BCUT2D eigenvalue weighted by molar-refractivity contribution is 7.99. The van der Waals surface area contributed by atoms with Gasteiger partial charge in [-0.05, 0) is 53.9 Å². The van der Waals surface area contributed by atoms with Crippen LogP contribution in [0.15, 0.2) is 75.7 Å². The second kappa shape index (κ2) is 12.4. The number of alkyl halides is 6. The minimum Gasteiger partial charge on any atom is -0.494 e. The predicted octanol–water partition coefficient (Wildman–Crippen LogP) is 8.77. The standard InChI is InChI=1S/C31H22F8N2O4S/c1-15-19(13-20-21(30(34,35)36)6-4-7-22(20)32)29-41(28(42)25(15)18-5-3-8-24(44-2)26(18)33)23(14-46-29)27(40-43)16-9-11-17(12-10-16)45-31(37,38)39/h3-12,23,27H,13-14H2,1-2H3. The number of methoxy groups -OCH3 is 1. The third-order valence-corrected chi connectivity index (χ3v) is 8.85. The summed E-state index contributed by atoms with van der Waals surface area (Å²) in [5.41, 5.74) is -2.98. The Morgan fingerprint density at radius 2 is 1.65 bits per heavy atom. The first kappa shape index (κ1) is 33.0. The first-order chi connectivity index (χ1) is 21.7. The van der Waals surface area contributed by atoms with Gasteiger partial charge in [0, 0.05) is 23.3 Å². The zero-order valence-electron chi connectivity index (χ0n) is 23.8. The fourth-order valence-electron chi connectivity index (χ4n) is 5.55. The van der Waals surface area contributed by atoms with Gasteiger partial charge in [-0.25, -0.2) is 8.78 Å². The largest absolute Gasteiger partial charge is 0.573 e.